The van der Waals surface area contributed by atoms with Crippen LogP contribution in [0, 0.1) is 5.82 Å². The van der Waals surface area contributed by atoms with Gasteiger partial charge in [0.05, 0.1) is 29.0 Å². The lowest BCUT2D eigenvalue weighted by atomic mass is 9.95. The molecular formula is C25H22F7NO3. The Labute approximate surface area is 202 Å². The average Bonchev–Trinajstić information content (AvgIpc) is 3.35. The summed E-state index contributed by atoms with van der Waals surface area (Å²) in [6.45, 7) is 1.74. The van der Waals surface area contributed by atoms with Crippen molar-refractivity contribution in [2.45, 2.75) is 50.2 Å². The quantitative estimate of drug-likeness (QED) is 0.458. The fourth-order valence-corrected chi connectivity index (χ4v) is 4.65. The zero-order chi connectivity index (χ0) is 26.4. The van der Waals surface area contributed by atoms with E-state index in [-0.39, 0.29) is 36.9 Å². The Morgan fingerprint density at radius 2 is 1.53 bits per heavy atom. The number of benzene rings is 2. The van der Waals surface area contributed by atoms with E-state index in [1.165, 1.54) is 31.2 Å². The Hall–Kier alpha value is -3.08. The largest absolute Gasteiger partial charge is 0.503 e. The third-order valence-corrected chi connectivity index (χ3v) is 6.53. The summed E-state index contributed by atoms with van der Waals surface area (Å²) in [5.74, 6) is -1.71. The van der Waals surface area contributed by atoms with Crippen molar-refractivity contribution in [1.29, 1.82) is 0 Å². The second-order valence-electron chi connectivity index (χ2n) is 8.94. The highest BCUT2D eigenvalue weighted by Gasteiger charge is 2.41. The molecule has 0 amide bonds. The summed E-state index contributed by atoms with van der Waals surface area (Å²) in [5, 5.41) is 10.2. The third-order valence-electron chi connectivity index (χ3n) is 6.53. The van der Waals surface area contributed by atoms with Crippen LogP contribution in [0.25, 0.3) is 0 Å². The molecule has 0 bridgehead atoms. The molecule has 3 atom stereocenters. The van der Waals surface area contributed by atoms with Gasteiger partial charge >= 0.3 is 12.4 Å². The van der Waals surface area contributed by atoms with Crippen LogP contribution in [0.4, 0.5) is 30.7 Å². The first-order chi connectivity index (χ1) is 16.7. The molecule has 1 fully saturated rings. The number of hydrogen-bond acceptors (Lipinski definition) is 4. The highest BCUT2D eigenvalue weighted by atomic mass is 19.4. The summed E-state index contributed by atoms with van der Waals surface area (Å²) in [4.78, 5) is 13.5. The molecule has 1 aliphatic carbocycles. The van der Waals surface area contributed by atoms with Crippen molar-refractivity contribution in [3.8, 4) is 0 Å². The maximum Gasteiger partial charge on any atom is 0.416 e. The number of alkyl halides is 6. The standard InChI is InChI=1S/C25H22F7NO3/c1-13(15-8-16(24(27,28)29)10-17(9-15)25(30,31)32)36-22-12-33(20-6-7-21(34)23(20)35)11-19(22)14-2-4-18(26)5-3-14/h2-5,8-10,13,19,22,35H,6-7,11-12H2,1H3/t13-,19-,22+/m1/s1. The lowest BCUT2D eigenvalue weighted by Crippen LogP contribution is -2.25. The Balaban J connectivity index is 1.66. The molecule has 1 aliphatic heterocycles. The van der Waals surface area contributed by atoms with Crippen LogP contribution in [0.5, 0.6) is 0 Å². The predicted octanol–water partition coefficient (Wildman–Crippen LogP) is 6.54. The number of Topliss-reactive ketones (excluding diaryl/α,β-unsaturated/α-hetero) is 1. The van der Waals surface area contributed by atoms with E-state index in [0.29, 0.717) is 29.8 Å². The number of nitrogens with zero attached hydrogens (tertiary/aromatic N) is 1. The fraction of sp³-hybridized carbons (Fsp3) is 0.400. The molecule has 0 radical (unpaired) electrons. The molecule has 4 rings (SSSR count). The molecule has 0 saturated carbocycles. The molecule has 1 saturated heterocycles. The fourth-order valence-electron chi connectivity index (χ4n) is 4.65. The van der Waals surface area contributed by atoms with Gasteiger partial charge in [-0.2, -0.15) is 26.3 Å². The Morgan fingerprint density at radius 1 is 0.944 bits per heavy atom. The predicted molar refractivity (Wildman–Crippen MR) is 114 cm³/mol. The number of aliphatic hydroxyl groups excluding tert-OH is 1. The molecule has 4 nitrogen and oxygen atoms in total. The van der Waals surface area contributed by atoms with Crippen molar-refractivity contribution >= 4 is 5.78 Å². The summed E-state index contributed by atoms with van der Waals surface area (Å²) < 4.78 is 99.4. The van der Waals surface area contributed by atoms with Gasteiger partial charge in [0, 0.05) is 25.4 Å². The van der Waals surface area contributed by atoms with Crippen molar-refractivity contribution < 1.29 is 45.4 Å². The van der Waals surface area contributed by atoms with Crippen LogP contribution in [0.15, 0.2) is 53.9 Å². The Kier molecular flexibility index (Phi) is 6.80. The van der Waals surface area contributed by atoms with Gasteiger partial charge in [-0.15, -0.1) is 0 Å². The van der Waals surface area contributed by atoms with Gasteiger partial charge in [0.1, 0.15) is 5.82 Å². The summed E-state index contributed by atoms with van der Waals surface area (Å²) >= 11 is 0. The van der Waals surface area contributed by atoms with E-state index < -0.39 is 53.2 Å². The number of carbonyl (C=O) groups is 1. The lowest BCUT2D eigenvalue weighted by Gasteiger charge is -2.25. The van der Waals surface area contributed by atoms with Crippen LogP contribution in [0.2, 0.25) is 0 Å². The van der Waals surface area contributed by atoms with Gasteiger partial charge in [-0.1, -0.05) is 12.1 Å². The van der Waals surface area contributed by atoms with Crippen molar-refractivity contribution in [3.05, 3.63) is 82.0 Å². The van der Waals surface area contributed by atoms with E-state index in [2.05, 4.69) is 0 Å². The van der Waals surface area contributed by atoms with Gasteiger partial charge in [0.2, 0.25) is 0 Å². The molecule has 2 aromatic carbocycles. The molecule has 2 aliphatic rings. The van der Waals surface area contributed by atoms with Crippen LogP contribution < -0.4 is 0 Å². The monoisotopic (exact) mass is 517 g/mol. The highest BCUT2D eigenvalue weighted by molar-refractivity contribution is 5.96. The first-order valence-corrected chi connectivity index (χ1v) is 11.1. The van der Waals surface area contributed by atoms with E-state index in [9.17, 15) is 40.6 Å². The van der Waals surface area contributed by atoms with E-state index >= 15 is 0 Å². The van der Waals surface area contributed by atoms with Gasteiger partial charge in [-0.3, -0.25) is 4.79 Å². The zero-order valence-corrected chi connectivity index (χ0v) is 19.0. The number of halogens is 7. The van der Waals surface area contributed by atoms with Crippen molar-refractivity contribution in [2.24, 2.45) is 0 Å². The number of ketones is 1. The summed E-state index contributed by atoms with van der Waals surface area (Å²) in [5.41, 5.74) is -2.13. The van der Waals surface area contributed by atoms with E-state index in [1.807, 2.05) is 0 Å². The van der Waals surface area contributed by atoms with Crippen LogP contribution in [0.1, 0.15) is 54.0 Å². The smallest absolute Gasteiger partial charge is 0.416 e. The SMILES string of the molecule is C[C@@H](O[C@H]1CN(C2=C(O)C(=O)CC2)C[C@@H]1c1ccc(F)cc1)c1cc(C(F)(F)F)cc(C(F)(F)F)c1. The molecule has 11 heteroatoms. The molecule has 2 aromatic rings. The molecule has 0 aromatic heterocycles. The number of allylic oxidation sites excluding steroid dienone is 2. The van der Waals surface area contributed by atoms with E-state index in [1.54, 1.807) is 4.90 Å². The van der Waals surface area contributed by atoms with Gasteiger partial charge < -0.3 is 14.7 Å². The Bertz CT molecular complexity index is 1140. The van der Waals surface area contributed by atoms with E-state index in [4.69, 9.17) is 4.74 Å². The minimum absolute atomic E-state index is 0.0567. The topological polar surface area (TPSA) is 49.8 Å². The molecule has 1 N–H and O–H groups in total. The number of likely N-dealkylation sites (tertiary alicyclic amines) is 1. The van der Waals surface area contributed by atoms with Gasteiger partial charge in [0.15, 0.2) is 11.5 Å². The number of rotatable bonds is 5. The second-order valence-corrected chi connectivity index (χ2v) is 8.94. The minimum Gasteiger partial charge on any atom is -0.503 e. The van der Waals surface area contributed by atoms with Crippen molar-refractivity contribution in [1.82, 2.24) is 4.90 Å². The second kappa shape index (κ2) is 9.42. The lowest BCUT2D eigenvalue weighted by molar-refractivity contribution is -0.143. The molecule has 1 heterocycles. The maximum atomic E-state index is 13.5. The Morgan fingerprint density at radius 3 is 2.03 bits per heavy atom. The number of carbonyl (C=O) groups excluding carboxylic acids is 1. The van der Waals surface area contributed by atoms with E-state index in [0.717, 1.165) is 0 Å². The zero-order valence-electron chi connectivity index (χ0n) is 19.0. The molecule has 194 valence electrons. The number of ether oxygens (including phenoxy) is 1. The summed E-state index contributed by atoms with van der Waals surface area (Å²) in [7, 11) is 0. The first kappa shape index (κ1) is 26.0. The average molecular weight is 517 g/mol. The maximum absolute atomic E-state index is 13.5. The number of aliphatic hydroxyl groups is 1. The summed E-state index contributed by atoms with van der Waals surface area (Å²) in [6, 6.07) is 6.82. The minimum atomic E-state index is -4.99. The van der Waals surface area contributed by atoms with Crippen LogP contribution >= 0.6 is 0 Å². The van der Waals surface area contributed by atoms with Gasteiger partial charge in [-0.25, -0.2) is 4.39 Å². The highest BCUT2D eigenvalue weighted by Crippen LogP contribution is 2.41. The van der Waals surface area contributed by atoms with Gasteiger partial charge in [-0.05, 0) is 54.8 Å². The van der Waals surface area contributed by atoms with Crippen molar-refractivity contribution in [2.75, 3.05) is 13.1 Å². The van der Waals surface area contributed by atoms with Gasteiger partial charge in [0.25, 0.3) is 0 Å². The molecular weight excluding hydrogens is 495 g/mol. The van der Waals surface area contributed by atoms with Crippen LogP contribution in [0.3, 0.4) is 0 Å². The first-order valence-electron chi connectivity index (χ1n) is 11.1. The molecule has 0 spiro atoms. The normalized spacial score (nSPS) is 22.0. The molecule has 0 unspecified atom stereocenters. The van der Waals surface area contributed by atoms with Crippen LogP contribution in [-0.2, 0) is 21.9 Å². The summed E-state index contributed by atoms with van der Waals surface area (Å²) in [6.07, 6.45) is -11.4. The van der Waals surface area contributed by atoms with Crippen LogP contribution in [-0.4, -0.2) is 35.0 Å². The van der Waals surface area contributed by atoms with Crippen molar-refractivity contribution in [3.63, 3.8) is 0 Å². The molecule has 36 heavy (non-hydrogen) atoms. The third kappa shape index (κ3) is 5.35. The number of hydrogen-bond donors (Lipinski definition) is 1.